The fraction of sp³-hybridized carbons (Fsp3) is 0.688. The molecule has 0 radical (unpaired) electrons. The molecule has 0 aliphatic heterocycles. The lowest BCUT2D eigenvalue weighted by Gasteiger charge is -2.27. The quantitative estimate of drug-likeness (QED) is 0.692. The maximum absolute atomic E-state index is 12.2. The van der Waals surface area contributed by atoms with Gasteiger partial charge in [0.25, 0.3) is 0 Å². The van der Waals surface area contributed by atoms with Gasteiger partial charge in [0.15, 0.2) is 0 Å². The fourth-order valence-electron chi connectivity index (χ4n) is 2.06. The van der Waals surface area contributed by atoms with Gasteiger partial charge in [0, 0.05) is 25.7 Å². The van der Waals surface area contributed by atoms with Gasteiger partial charge in [-0.2, -0.15) is 0 Å². The standard InChI is InChI=1S/C16H26Cl2N2O2S/c1-6-8-20(15(21)22-16(3,4)5)9-7-19-11(2)12-10-13(17)23-14(12)18/h10-11,19H,6-9H2,1-5H3. The van der Waals surface area contributed by atoms with E-state index in [1.807, 2.05) is 40.7 Å². The van der Waals surface area contributed by atoms with Crippen molar-refractivity contribution in [2.45, 2.75) is 52.7 Å². The molecule has 1 heterocycles. The Morgan fingerprint density at radius 1 is 1.39 bits per heavy atom. The number of halogens is 2. The minimum absolute atomic E-state index is 0.0772. The van der Waals surface area contributed by atoms with Crippen molar-refractivity contribution in [2.75, 3.05) is 19.6 Å². The highest BCUT2D eigenvalue weighted by molar-refractivity contribution is 7.20. The number of nitrogens with zero attached hydrogens (tertiary/aromatic N) is 1. The number of amides is 1. The van der Waals surface area contributed by atoms with Gasteiger partial charge in [-0.3, -0.25) is 0 Å². The van der Waals surface area contributed by atoms with Gasteiger partial charge < -0.3 is 15.0 Å². The van der Waals surface area contributed by atoms with Crippen LogP contribution in [0.4, 0.5) is 4.79 Å². The van der Waals surface area contributed by atoms with Crippen molar-refractivity contribution in [3.63, 3.8) is 0 Å². The predicted molar refractivity (Wildman–Crippen MR) is 98.9 cm³/mol. The summed E-state index contributed by atoms with van der Waals surface area (Å²) in [6.07, 6.45) is 0.617. The number of thiophene rings is 1. The van der Waals surface area contributed by atoms with Crippen molar-refractivity contribution in [3.05, 3.63) is 20.3 Å². The summed E-state index contributed by atoms with van der Waals surface area (Å²) >= 11 is 13.5. The van der Waals surface area contributed by atoms with Crippen molar-refractivity contribution in [1.29, 1.82) is 0 Å². The maximum atomic E-state index is 12.2. The molecule has 0 aromatic carbocycles. The third kappa shape index (κ3) is 7.29. The number of carbonyl (C=O) groups excluding carboxylic acids is 1. The second-order valence-corrected chi connectivity index (χ2v) is 8.71. The van der Waals surface area contributed by atoms with E-state index in [0.717, 1.165) is 12.0 Å². The van der Waals surface area contributed by atoms with Crippen LogP contribution in [-0.4, -0.2) is 36.2 Å². The Bertz CT molecular complexity index is 515. The summed E-state index contributed by atoms with van der Waals surface area (Å²) in [5, 5.41) is 3.37. The molecular formula is C16H26Cl2N2O2S. The van der Waals surface area contributed by atoms with Crippen LogP contribution in [0.3, 0.4) is 0 Å². The van der Waals surface area contributed by atoms with Gasteiger partial charge in [-0.25, -0.2) is 4.79 Å². The Labute approximate surface area is 153 Å². The Hall–Kier alpha value is -0.490. The van der Waals surface area contributed by atoms with Crippen LogP contribution in [0, 0.1) is 0 Å². The molecule has 0 aliphatic carbocycles. The van der Waals surface area contributed by atoms with E-state index in [4.69, 9.17) is 27.9 Å². The summed E-state index contributed by atoms with van der Waals surface area (Å²) in [7, 11) is 0. The lowest BCUT2D eigenvalue weighted by molar-refractivity contribution is 0.0251. The molecule has 23 heavy (non-hydrogen) atoms. The lowest BCUT2D eigenvalue weighted by atomic mass is 10.2. The molecule has 1 atom stereocenters. The van der Waals surface area contributed by atoms with Gasteiger partial charge in [-0.05, 0) is 45.7 Å². The molecule has 1 unspecified atom stereocenters. The first kappa shape index (κ1) is 20.6. The predicted octanol–water partition coefficient (Wildman–Crippen LogP) is 5.35. The van der Waals surface area contributed by atoms with E-state index in [0.29, 0.717) is 28.3 Å². The van der Waals surface area contributed by atoms with Crippen LogP contribution in [0.25, 0.3) is 0 Å². The van der Waals surface area contributed by atoms with Gasteiger partial charge in [0.2, 0.25) is 0 Å². The van der Waals surface area contributed by atoms with Crippen LogP contribution >= 0.6 is 34.5 Å². The van der Waals surface area contributed by atoms with Gasteiger partial charge in [-0.1, -0.05) is 30.1 Å². The first-order valence-corrected chi connectivity index (χ1v) is 9.37. The zero-order valence-electron chi connectivity index (χ0n) is 14.4. The molecular weight excluding hydrogens is 355 g/mol. The minimum atomic E-state index is -0.481. The van der Waals surface area contributed by atoms with Crippen LogP contribution in [-0.2, 0) is 4.74 Å². The Morgan fingerprint density at radius 2 is 2.04 bits per heavy atom. The Morgan fingerprint density at radius 3 is 2.52 bits per heavy atom. The first-order valence-electron chi connectivity index (χ1n) is 7.80. The summed E-state index contributed by atoms with van der Waals surface area (Å²) in [5.41, 5.74) is 0.506. The third-order valence-corrected chi connectivity index (χ3v) is 4.65. The average Bonchev–Trinajstić information content (AvgIpc) is 2.74. The van der Waals surface area contributed by atoms with Crippen molar-refractivity contribution in [3.8, 4) is 0 Å². The monoisotopic (exact) mass is 380 g/mol. The van der Waals surface area contributed by atoms with E-state index in [2.05, 4.69) is 5.32 Å². The molecule has 1 aromatic rings. The summed E-state index contributed by atoms with van der Waals surface area (Å²) in [6, 6.07) is 1.96. The lowest BCUT2D eigenvalue weighted by Crippen LogP contribution is -2.41. The summed E-state index contributed by atoms with van der Waals surface area (Å²) in [4.78, 5) is 13.9. The topological polar surface area (TPSA) is 41.6 Å². The number of hydrogen-bond acceptors (Lipinski definition) is 4. The number of rotatable bonds is 7. The number of carbonyl (C=O) groups is 1. The molecule has 1 N–H and O–H groups in total. The maximum Gasteiger partial charge on any atom is 0.410 e. The van der Waals surface area contributed by atoms with Crippen molar-refractivity contribution < 1.29 is 9.53 Å². The molecule has 0 saturated heterocycles. The zero-order valence-corrected chi connectivity index (χ0v) is 16.7. The third-order valence-electron chi connectivity index (χ3n) is 3.13. The number of hydrogen-bond donors (Lipinski definition) is 1. The van der Waals surface area contributed by atoms with Crippen LogP contribution in [0.1, 0.15) is 52.6 Å². The van der Waals surface area contributed by atoms with Gasteiger partial charge in [-0.15, -0.1) is 11.3 Å². The number of nitrogens with one attached hydrogen (secondary N) is 1. The van der Waals surface area contributed by atoms with Gasteiger partial charge in [0.05, 0.1) is 8.67 Å². The van der Waals surface area contributed by atoms with E-state index >= 15 is 0 Å². The minimum Gasteiger partial charge on any atom is -0.444 e. The van der Waals surface area contributed by atoms with E-state index in [9.17, 15) is 4.79 Å². The van der Waals surface area contributed by atoms with Gasteiger partial charge in [0.1, 0.15) is 5.60 Å². The van der Waals surface area contributed by atoms with Crippen molar-refractivity contribution in [1.82, 2.24) is 10.2 Å². The highest BCUT2D eigenvalue weighted by Crippen LogP contribution is 2.34. The Balaban J connectivity index is 2.52. The van der Waals surface area contributed by atoms with Crippen LogP contribution in [0.5, 0.6) is 0 Å². The van der Waals surface area contributed by atoms with Crippen molar-refractivity contribution >= 4 is 40.6 Å². The molecule has 0 bridgehead atoms. The van der Waals surface area contributed by atoms with E-state index < -0.39 is 5.60 Å². The van der Waals surface area contributed by atoms with Crippen LogP contribution in [0.2, 0.25) is 8.67 Å². The average molecular weight is 381 g/mol. The fourth-order valence-corrected chi connectivity index (χ4v) is 3.71. The largest absolute Gasteiger partial charge is 0.444 e. The molecule has 0 fully saturated rings. The molecule has 7 heteroatoms. The number of ether oxygens (including phenoxy) is 1. The van der Waals surface area contributed by atoms with E-state index in [-0.39, 0.29) is 12.1 Å². The zero-order chi connectivity index (χ0) is 17.6. The molecule has 0 aliphatic rings. The molecule has 132 valence electrons. The SMILES string of the molecule is CCCN(CCNC(C)c1cc(Cl)sc1Cl)C(=O)OC(C)(C)C. The van der Waals surface area contributed by atoms with Crippen molar-refractivity contribution in [2.24, 2.45) is 0 Å². The second kappa shape index (κ2) is 9.11. The highest BCUT2D eigenvalue weighted by atomic mass is 35.5. The summed E-state index contributed by atoms with van der Waals surface area (Å²) < 4.78 is 6.82. The van der Waals surface area contributed by atoms with E-state index in [1.54, 1.807) is 4.90 Å². The summed E-state index contributed by atoms with van der Waals surface area (Å²) in [6.45, 7) is 11.6. The highest BCUT2D eigenvalue weighted by Gasteiger charge is 2.21. The van der Waals surface area contributed by atoms with Crippen LogP contribution < -0.4 is 5.32 Å². The molecule has 0 saturated carbocycles. The molecule has 1 rings (SSSR count). The smallest absolute Gasteiger partial charge is 0.410 e. The first-order chi connectivity index (χ1) is 10.6. The molecule has 1 amide bonds. The van der Waals surface area contributed by atoms with E-state index in [1.165, 1.54) is 11.3 Å². The normalized spacial score (nSPS) is 13.0. The molecule has 1 aromatic heterocycles. The molecule has 0 spiro atoms. The second-order valence-electron chi connectivity index (χ2n) is 6.42. The summed E-state index contributed by atoms with van der Waals surface area (Å²) in [5.74, 6) is 0. The Kier molecular flexibility index (Phi) is 8.14. The van der Waals surface area contributed by atoms with Crippen LogP contribution in [0.15, 0.2) is 6.07 Å². The van der Waals surface area contributed by atoms with Gasteiger partial charge >= 0.3 is 6.09 Å². The molecule has 4 nitrogen and oxygen atoms in total.